The Morgan fingerprint density at radius 1 is 1.28 bits per heavy atom. The maximum Gasteiger partial charge on any atom is 0.257 e. The predicted molar refractivity (Wildman–Crippen MR) is 95.7 cm³/mol. The van der Waals surface area contributed by atoms with Crippen LogP contribution in [0.3, 0.4) is 0 Å². The highest BCUT2D eigenvalue weighted by Gasteiger charge is 2.39. The number of fused-ring (bicyclic) bond motifs is 2. The number of hydrogen-bond donors (Lipinski definition) is 1. The Hall–Kier alpha value is -1.69. The molecule has 1 saturated heterocycles. The summed E-state index contributed by atoms with van der Waals surface area (Å²) in [4.78, 5) is 23.9. The molecule has 0 aromatic carbocycles. The van der Waals surface area contributed by atoms with Crippen molar-refractivity contribution in [3.8, 4) is 0 Å². The summed E-state index contributed by atoms with van der Waals surface area (Å²) in [6, 6.07) is 0.500. The van der Waals surface area contributed by atoms with E-state index in [9.17, 15) is 4.79 Å². The molecule has 2 saturated carbocycles. The summed E-state index contributed by atoms with van der Waals surface area (Å²) in [5, 5.41) is 3.55. The van der Waals surface area contributed by atoms with Crippen LogP contribution in [0.2, 0.25) is 0 Å². The van der Waals surface area contributed by atoms with Crippen molar-refractivity contribution in [1.82, 2.24) is 14.9 Å². The number of carbonyl (C=O) groups excluding carboxylic acids is 1. The molecule has 6 nitrogen and oxygen atoms in total. The standard InChI is InChI=1S/C19H28N4O2/c1-12(2)17-15(18(24)23-5-7-25-8-6-23)11-20-19(22-17)21-16-10-13-3-4-14(16)9-13/h11-14,16H,3-10H2,1-2H3,(H,20,21,22)/t13-,14+,16?/m0/s1. The van der Waals surface area contributed by atoms with Crippen LogP contribution >= 0.6 is 0 Å². The van der Waals surface area contributed by atoms with Crippen LogP contribution in [0.15, 0.2) is 6.20 Å². The van der Waals surface area contributed by atoms with Gasteiger partial charge in [0.15, 0.2) is 0 Å². The number of rotatable bonds is 4. The molecule has 3 aliphatic rings. The van der Waals surface area contributed by atoms with Crippen molar-refractivity contribution in [2.75, 3.05) is 31.6 Å². The molecular formula is C19H28N4O2. The van der Waals surface area contributed by atoms with Crippen molar-refractivity contribution in [3.63, 3.8) is 0 Å². The Labute approximate surface area is 149 Å². The van der Waals surface area contributed by atoms with Gasteiger partial charge in [-0.15, -0.1) is 0 Å². The summed E-state index contributed by atoms with van der Waals surface area (Å²) in [7, 11) is 0. The van der Waals surface area contributed by atoms with Crippen LogP contribution in [-0.4, -0.2) is 53.1 Å². The van der Waals surface area contributed by atoms with Gasteiger partial charge in [0.1, 0.15) is 0 Å². The minimum atomic E-state index is 0.0264. The molecule has 6 heteroatoms. The van der Waals surface area contributed by atoms with E-state index in [2.05, 4.69) is 24.1 Å². The molecule has 0 radical (unpaired) electrons. The van der Waals surface area contributed by atoms with Crippen LogP contribution in [0, 0.1) is 11.8 Å². The monoisotopic (exact) mass is 344 g/mol. The largest absolute Gasteiger partial charge is 0.378 e. The first kappa shape index (κ1) is 16.8. The highest BCUT2D eigenvalue weighted by molar-refractivity contribution is 5.95. The normalized spacial score (nSPS) is 28.6. The number of morpholine rings is 1. The van der Waals surface area contributed by atoms with Crippen LogP contribution in [0.25, 0.3) is 0 Å². The average molecular weight is 344 g/mol. The van der Waals surface area contributed by atoms with Crippen molar-refractivity contribution in [2.45, 2.75) is 51.5 Å². The number of ether oxygens (including phenoxy) is 1. The molecule has 2 heterocycles. The molecule has 0 spiro atoms. The summed E-state index contributed by atoms with van der Waals surface area (Å²) in [6.07, 6.45) is 7.01. The number of amides is 1. The Balaban J connectivity index is 1.53. The minimum absolute atomic E-state index is 0.0264. The Bertz CT molecular complexity index is 642. The first-order valence-electron chi connectivity index (χ1n) is 9.62. The highest BCUT2D eigenvalue weighted by Crippen LogP contribution is 2.45. The number of aromatic nitrogens is 2. The zero-order chi connectivity index (χ0) is 17.4. The SMILES string of the molecule is CC(C)c1nc(NC2C[C@H]3CC[C@@H]2C3)ncc1C(=O)N1CCOCC1. The molecule has 2 aliphatic carbocycles. The summed E-state index contributed by atoms with van der Waals surface area (Å²) in [5.74, 6) is 2.54. The van der Waals surface area contributed by atoms with Crippen LogP contribution in [0.5, 0.6) is 0 Å². The summed E-state index contributed by atoms with van der Waals surface area (Å²) < 4.78 is 5.35. The fraction of sp³-hybridized carbons (Fsp3) is 0.737. The first-order chi connectivity index (χ1) is 12.1. The fourth-order valence-electron chi connectivity index (χ4n) is 4.59. The highest BCUT2D eigenvalue weighted by atomic mass is 16.5. The second-order valence-corrected chi connectivity index (χ2v) is 7.98. The third-order valence-electron chi connectivity index (χ3n) is 5.95. The fourth-order valence-corrected chi connectivity index (χ4v) is 4.59. The zero-order valence-electron chi connectivity index (χ0n) is 15.2. The number of nitrogens with one attached hydrogen (secondary N) is 1. The number of anilines is 1. The van der Waals surface area contributed by atoms with Crippen LogP contribution in [0.4, 0.5) is 5.95 Å². The molecule has 1 unspecified atom stereocenters. The van der Waals surface area contributed by atoms with Gasteiger partial charge in [-0.1, -0.05) is 20.3 Å². The van der Waals surface area contributed by atoms with Gasteiger partial charge in [0.05, 0.1) is 24.5 Å². The van der Waals surface area contributed by atoms with E-state index in [-0.39, 0.29) is 11.8 Å². The quantitative estimate of drug-likeness (QED) is 0.909. The molecular weight excluding hydrogens is 316 g/mol. The van der Waals surface area contributed by atoms with Gasteiger partial charge < -0.3 is 15.0 Å². The van der Waals surface area contributed by atoms with Gasteiger partial charge in [0.2, 0.25) is 5.95 Å². The number of carbonyl (C=O) groups is 1. The van der Waals surface area contributed by atoms with Crippen LogP contribution in [0.1, 0.15) is 61.5 Å². The lowest BCUT2D eigenvalue weighted by Crippen LogP contribution is -2.41. The molecule has 3 atom stereocenters. The van der Waals surface area contributed by atoms with E-state index in [1.165, 1.54) is 25.7 Å². The van der Waals surface area contributed by atoms with Gasteiger partial charge in [0, 0.05) is 25.3 Å². The van der Waals surface area contributed by atoms with Gasteiger partial charge >= 0.3 is 0 Å². The van der Waals surface area contributed by atoms with E-state index >= 15 is 0 Å². The lowest BCUT2D eigenvalue weighted by Gasteiger charge is -2.28. The van der Waals surface area contributed by atoms with Crippen molar-refractivity contribution in [1.29, 1.82) is 0 Å². The van der Waals surface area contributed by atoms with E-state index in [1.807, 2.05) is 4.90 Å². The van der Waals surface area contributed by atoms with E-state index < -0.39 is 0 Å². The molecule has 1 aromatic heterocycles. The van der Waals surface area contributed by atoms with E-state index in [0.717, 1.165) is 17.5 Å². The van der Waals surface area contributed by atoms with E-state index in [1.54, 1.807) is 6.20 Å². The van der Waals surface area contributed by atoms with Gasteiger partial charge in [0.25, 0.3) is 5.91 Å². The Morgan fingerprint density at radius 2 is 2.08 bits per heavy atom. The maximum absolute atomic E-state index is 12.9. The van der Waals surface area contributed by atoms with Gasteiger partial charge in [-0.05, 0) is 37.0 Å². The molecule has 3 fully saturated rings. The molecule has 136 valence electrons. The van der Waals surface area contributed by atoms with Gasteiger partial charge in [-0.2, -0.15) is 0 Å². The number of hydrogen-bond acceptors (Lipinski definition) is 5. The molecule has 4 rings (SSSR count). The topological polar surface area (TPSA) is 67.4 Å². The molecule has 1 aromatic rings. The Kier molecular flexibility index (Phi) is 4.63. The second-order valence-electron chi connectivity index (χ2n) is 7.98. The Morgan fingerprint density at radius 3 is 2.72 bits per heavy atom. The van der Waals surface area contributed by atoms with Crippen molar-refractivity contribution >= 4 is 11.9 Å². The molecule has 1 amide bonds. The van der Waals surface area contributed by atoms with Gasteiger partial charge in [-0.25, -0.2) is 9.97 Å². The van der Waals surface area contributed by atoms with Crippen LogP contribution in [-0.2, 0) is 4.74 Å². The first-order valence-corrected chi connectivity index (χ1v) is 9.62. The smallest absolute Gasteiger partial charge is 0.257 e. The summed E-state index contributed by atoms with van der Waals surface area (Å²) in [5.41, 5.74) is 1.48. The maximum atomic E-state index is 12.9. The van der Waals surface area contributed by atoms with E-state index in [4.69, 9.17) is 9.72 Å². The van der Waals surface area contributed by atoms with E-state index in [0.29, 0.717) is 43.9 Å². The predicted octanol–water partition coefficient (Wildman–Crippen LogP) is 2.67. The van der Waals surface area contributed by atoms with Crippen LogP contribution < -0.4 is 5.32 Å². The zero-order valence-corrected chi connectivity index (χ0v) is 15.2. The van der Waals surface area contributed by atoms with Crippen molar-refractivity contribution in [2.24, 2.45) is 11.8 Å². The molecule has 2 bridgehead atoms. The van der Waals surface area contributed by atoms with Gasteiger partial charge in [-0.3, -0.25) is 4.79 Å². The molecule has 25 heavy (non-hydrogen) atoms. The lowest BCUT2D eigenvalue weighted by molar-refractivity contribution is 0.0301. The van der Waals surface area contributed by atoms with Crippen molar-refractivity contribution < 1.29 is 9.53 Å². The minimum Gasteiger partial charge on any atom is -0.378 e. The number of nitrogens with zero attached hydrogens (tertiary/aromatic N) is 3. The summed E-state index contributed by atoms with van der Waals surface area (Å²) in [6.45, 7) is 6.66. The van der Waals surface area contributed by atoms with Crippen molar-refractivity contribution in [3.05, 3.63) is 17.5 Å². The third-order valence-corrected chi connectivity index (χ3v) is 5.95. The lowest BCUT2D eigenvalue weighted by atomic mass is 9.95. The molecule has 1 N–H and O–H groups in total. The summed E-state index contributed by atoms with van der Waals surface area (Å²) >= 11 is 0. The third kappa shape index (κ3) is 3.36. The second kappa shape index (κ2) is 6.90. The average Bonchev–Trinajstić information content (AvgIpc) is 3.25. The molecule has 1 aliphatic heterocycles.